The molecule has 9 heteroatoms. The number of rotatable bonds is 6. The van der Waals surface area contributed by atoms with E-state index in [0.29, 0.717) is 19.4 Å². The highest BCUT2D eigenvalue weighted by Gasteiger charge is 2.36. The Morgan fingerprint density at radius 2 is 1.76 bits per heavy atom. The van der Waals surface area contributed by atoms with Crippen LogP contribution in [0.3, 0.4) is 0 Å². The number of carbonyl (C=O) groups excluding carboxylic acids is 2. The third-order valence-electron chi connectivity index (χ3n) is 6.42. The number of fused-ring (bicyclic) bond motifs is 3. The lowest BCUT2D eigenvalue weighted by atomic mass is 9.98. The number of aliphatic carboxylic acids is 1. The molecule has 0 unspecified atom stereocenters. The normalized spacial score (nSPS) is 16.7. The van der Waals surface area contributed by atoms with Crippen molar-refractivity contribution in [3.63, 3.8) is 0 Å². The Labute approximate surface area is 195 Å². The van der Waals surface area contributed by atoms with E-state index >= 15 is 0 Å². The summed E-state index contributed by atoms with van der Waals surface area (Å²) < 4.78 is 10.4. The van der Waals surface area contributed by atoms with Crippen LogP contribution in [0.4, 0.5) is 4.79 Å². The Bertz CT molecular complexity index is 1210. The van der Waals surface area contributed by atoms with Crippen molar-refractivity contribution in [3.05, 3.63) is 77.2 Å². The van der Waals surface area contributed by atoms with Crippen LogP contribution in [0, 0.1) is 0 Å². The molecule has 0 bridgehead atoms. The standard InChI is InChI=1S/C25H23N3O6/c29-23(28-11-5-10-22(28)24(30)31)20-14-34-27-21(20)12-26-25(32)33-13-19-17-8-3-1-6-15(17)16-7-2-4-9-18(16)19/h1-4,6-9,14,19,22H,5,10-13H2,(H,26,32)(H,30,31)/t22-/m0/s1. The highest BCUT2D eigenvalue weighted by molar-refractivity contribution is 5.97. The van der Waals surface area contributed by atoms with Gasteiger partial charge in [-0.25, -0.2) is 9.59 Å². The number of ether oxygens (including phenoxy) is 1. The molecular weight excluding hydrogens is 438 g/mol. The molecule has 0 radical (unpaired) electrons. The van der Waals surface area contributed by atoms with Gasteiger partial charge in [0.1, 0.15) is 30.2 Å². The van der Waals surface area contributed by atoms with Crippen molar-refractivity contribution in [3.8, 4) is 11.1 Å². The van der Waals surface area contributed by atoms with Gasteiger partial charge in [0.15, 0.2) is 0 Å². The number of aromatic nitrogens is 1. The SMILES string of the molecule is O=C(NCc1nocc1C(=O)N1CCC[C@H]1C(=O)O)OCC1c2ccccc2-c2ccccc21. The van der Waals surface area contributed by atoms with E-state index in [1.54, 1.807) is 0 Å². The van der Waals surface area contributed by atoms with Crippen molar-refractivity contribution in [2.45, 2.75) is 31.3 Å². The number of nitrogens with one attached hydrogen (secondary N) is 1. The summed E-state index contributed by atoms with van der Waals surface area (Å²) in [6.45, 7) is 0.429. The third-order valence-corrected chi connectivity index (χ3v) is 6.42. The number of carboxylic acid groups (broad SMARTS) is 1. The number of likely N-dealkylation sites (tertiary alicyclic amines) is 1. The Kier molecular flexibility index (Phi) is 5.75. The average Bonchev–Trinajstić information content (AvgIpc) is 3.59. The van der Waals surface area contributed by atoms with Crippen LogP contribution in [0.25, 0.3) is 11.1 Å². The lowest BCUT2D eigenvalue weighted by molar-refractivity contribution is -0.141. The number of alkyl carbamates (subject to hydrolysis) is 1. The lowest BCUT2D eigenvalue weighted by Gasteiger charge is -2.20. The van der Waals surface area contributed by atoms with Gasteiger partial charge in [-0.2, -0.15) is 0 Å². The molecular formula is C25H23N3O6. The fourth-order valence-corrected chi connectivity index (χ4v) is 4.79. The van der Waals surface area contributed by atoms with Gasteiger partial charge in [0.05, 0.1) is 6.54 Å². The zero-order valence-corrected chi connectivity index (χ0v) is 18.3. The molecule has 1 aliphatic carbocycles. The largest absolute Gasteiger partial charge is 0.480 e. The Hall–Kier alpha value is -4.14. The predicted molar refractivity (Wildman–Crippen MR) is 120 cm³/mol. The maximum absolute atomic E-state index is 12.8. The summed E-state index contributed by atoms with van der Waals surface area (Å²) in [7, 11) is 0. The summed E-state index contributed by atoms with van der Waals surface area (Å²) in [6, 6.07) is 15.2. The molecule has 1 aliphatic heterocycles. The number of carbonyl (C=O) groups is 3. The number of nitrogens with zero attached hydrogens (tertiary/aromatic N) is 2. The van der Waals surface area contributed by atoms with E-state index in [4.69, 9.17) is 9.26 Å². The molecule has 0 spiro atoms. The van der Waals surface area contributed by atoms with Crippen LogP contribution in [0.15, 0.2) is 59.3 Å². The summed E-state index contributed by atoms with van der Waals surface area (Å²) in [4.78, 5) is 38.0. The first-order valence-corrected chi connectivity index (χ1v) is 11.1. The summed E-state index contributed by atoms with van der Waals surface area (Å²) in [5, 5.41) is 15.8. The first-order valence-electron chi connectivity index (χ1n) is 11.1. The maximum atomic E-state index is 12.8. The molecule has 1 atom stereocenters. The van der Waals surface area contributed by atoms with Gasteiger partial charge in [-0.3, -0.25) is 4.79 Å². The molecule has 3 aromatic rings. The van der Waals surface area contributed by atoms with Gasteiger partial charge in [-0.1, -0.05) is 53.7 Å². The zero-order valence-electron chi connectivity index (χ0n) is 18.3. The van der Waals surface area contributed by atoms with Gasteiger partial charge in [-0.05, 0) is 35.1 Å². The minimum Gasteiger partial charge on any atom is -0.480 e. The molecule has 9 nitrogen and oxygen atoms in total. The van der Waals surface area contributed by atoms with Crippen LogP contribution in [0.1, 0.15) is 45.9 Å². The fraction of sp³-hybridized carbons (Fsp3) is 0.280. The molecule has 2 aromatic carbocycles. The average molecular weight is 461 g/mol. The number of hydrogen-bond donors (Lipinski definition) is 2. The molecule has 2 heterocycles. The molecule has 2 N–H and O–H groups in total. The Morgan fingerprint density at radius 3 is 2.44 bits per heavy atom. The third kappa shape index (κ3) is 3.89. The second-order valence-electron chi connectivity index (χ2n) is 8.35. The number of benzene rings is 2. The van der Waals surface area contributed by atoms with Crippen LogP contribution in [-0.2, 0) is 16.1 Å². The zero-order chi connectivity index (χ0) is 23.7. The topological polar surface area (TPSA) is 122 Å². The van der Waals surface area contributed by atoms with Crippen LogP contribution in [-0.4, -0.2) is 52.3 Å². The summed E-state index contributed by atoms with van der Waals surface area (Å²) >= 11 is 0. The summed E-state index contributed by atoms with van der Waals surface area (Å²) in [5.41, 5.74) is 4.85. The van der Waals surface area contributed by atoms with E-state index in [0.717, 1.165) is 22.3 Å². The molecule has 1 fully saturated rings. The summed E-state index contributed by atoms with van der Waals surface area (Å²) in [6.07, 6.45) is 1.54. The quantitative estimate of drug-likeness (QED) is 0.577. The molecule has 5 rings (SSSR count). The molecule has 34 heavy (non-hydrogen) atoms. The summed E-state index contributed by atoms with van der Waals surface area (Å²) in [5.74, 6) is -1.58. The maximum Gasteiger partial charge on any atom is 0.407 e. The van der Waals surface area contributed by atoms with Crippen molar-refractivity contribution in [2.24, 2.45) is 0 Å². The first kappa shape index (κ1) is 21.7. The van der Waals surface area contributed by atoms with Gasteiger partial charge < -0.3 is 24.6 Å². The van der Waals surface area contributed by atoms with Crippen LogP contribution in [0.2, 0.25) is 0 Å². The van der Waals surface area contributed by atoms with E-state index in [2.05, 4.69) is 22.6 Å². The Balaban J connectivity index is 1.21. The van der Waals surface area contributed by atoms with E-state index in [9.17, 15) is 19.5 Å². The van der Waals surface area contributed by atoms with E-state index in [-0.39, 0.29) is 30.3 Å². The van der Waals surface area contributed by atoms with E-state index < -0.39 is 24.0 Å². The molecule has 1 saturated heterocycles. The van der Waals surface area contributed by atoms with Crippen molar-refractivity contribution in [1.29, 1.82) is 0 Å². The smallest absolute Gasteiger partial charge is 0.407 e. The van der Waals surface area contributed by atoms with Gasteiger partial charge in [0.25, 0.3) is 5.91 Å². The molecule has 0 saturated carbocycles. The van der Waals surface area contributed by atoms with Gasteiger partial charge in [-0.15, -0.1) is 0 Å². The first-order chi connectivity index (χ1) is 16.5. The monoisotopic (exact) mass is 461 g/mol. The Morgan fingerprint density at radius 1 is 1.09 bits per heavy atom. The minimum atomic E-state index is -1.04. The van der Waals surface area contributed by atoms with E-state index in [1.165, 1.54) is 11.2 Å². The predicted octanol–water partition coefficient (Wildman–Crippen LogP) is 3.40. The van der Waals surface area contributed by atoms with Crippen molar-refractivity contribution >= 4 is 18.0 Å². The highest BCUT2D eigenvalue weighted by atomic mass is 16.5. The van der Waals surface area contributed by atoms with Crippen LogP contribution in [0.5, 0.6) is 0 Å². The number of amides is 2. The molecule has 1 aromatic heterocycles. The number of carboxylic acids is 1. The van der Waals surface area contributed by atoms with Gasteiger partial charge in [0, 0.05) is 12.5 Å². The second-order valence-corrected chi connectivity index (χ2v) is 8.35. The van der Waals surface area contributed by atoms with Crippen LogP contribution < -0.4 is 5.32 Å². The van der Waals surface area contributed by atoms with Crippen molar-refractivity contribution in [2.75, 3.05) is 13.2 Å². The second kappa shape index (κ2) is 9.01. The van der Waals surface area contributed by atoms with E-state index in [1.807, 2.05) is 36.4 Å². The van der Waals surface area contributed by atoms with Gasteiger partial charge in [0.2, 0.25) is 0 Å². The molecule has 2 amide bonds. The fourth-order valence-electron chi connectivity index (χ4n) is 4.79. The molecule has 174 valence electrons. The lowest BCUT2D eigenvalue weighted by Crippen LogP contribution is -2.40. The molecule has 2 aliphatic rings. The van der Waals surface area contributed by atoms with Crippen molar-refractivity contribution < 1.29 is 28.8 Å². The number of hydrogen-bond acceptors (Lipinski definition) is 6. The highest BCUT2D eigenvalue weighted by Crippen LogP contribution is 2.44. The van der Waals surface area contributed by atoms with Gasteiger partial charge >= 0.3 is 12.1 Å². The van der Waals surface area contributed by atoms with Crippen LogP contribution >= 0.6 is 0 Å². The van der Waals surface area contributed by atoms with Crippen molar-refractivity contribution in [1.82, 2.24) is 15.4 Å². The minimum absolute atomic E-state index is 0.0644.